The number of benzene rings is 2. The molecule has 0 radical (unpaired) electrons. The molecule has 0 fully saturated rings. The molecule has 160 valence electrons. The van der Waals surface area contributed by atoms with E-state index >= 15 is 0 Å². The van der Waals surface area contributed by atoms with Crippen LogP contribution in [0, 0.1) is 0 Å². The Balaban J connectivity index is 1.81. The van der Waals surface area contributed by atoms with Gasteiger partial charge in [0.05, 0.1) is 0 Å². The Hall–Kier alpha value is -3.32. The van der Waals surface area contributed by atoms with Crippen LogP contribution in [0.1, 0.15) is 27.7 Å². The second kappa shape index (κ2) is 7.74. The second-order valence-electron chi connectivity index (χ2n) is 8.27. The monoisotopic (exact) mass is 436 g/mol. The molecule has 0 aliphatic carbocycles. The molecule has 4 aromatic rings. The summed E-state index contributed by atoms with van der Waals surface area (Å²) in [5.41, 5.74) is 2.07. The first-order valence-corrected chi connectivity index (χ1v) is 10.9. The van der Waals surface area contributed by atoms with Crippen LogP contribution >= 0.6 is 11.3 Å². The Bertz CT molecular complexity index is 1330. The van der Waals surface area contributed by atoms with Crippen molar-refractivity contribution in [1.29, 1.82) is 0 Å². The molecular formula is C24H24N2O4S. The molecule has 0 saturated heterocycles. The van der Waals surface area contributed by atoms with Crippen LogP contribution in [0.5, 0.6) is 5.75 Å². The Morgan fingerprint density at radius 2 is 1.84 bits per heavy atom. The first kappa shape index (κ1) is 20.9. The van der Waals surface area contributed by atoms with Crippen molar-refractivity contribution < 1.29 is 14.6 Å². The predicted molar refractivity (Wildman–Crippen MR) is 126 cm³/mol. The summed E-state index contributed by atoms with van der Waals surface area (Å²) in [6.45, 7) is 7.85. The van der Waals surface area contributed by atoms with Gasteiger partial charge in [0.2, 0.25) is 0 Å². The molecule has 0 aliphatic rings. The summed E-state index contributed by atoms with van der Waals surface area (Å²) in [6.07, 6.45) is -0.409. The number of carbonyl (C=O) groups is 1. The summed E-state index contributed by atoms with van der Waals surface area (Å²) in [7, 11) is 0. The number of H-pyrrole nitrogens is 1. The number of nitrogens with one attached hydrogen (secondary N) is 1. The quantitative estimate of drug-likeness (QED) is 0.420. The molecule has 0 bridgehead atoms. The van der Waals surface area contributed by atoms with Gasteiger partial charge in [-0.15, -0.1) is 11.3 Å². The fraction of sp³-hybridized carbons (Fsp3) is 0.250. The molecule has 7 heteroatoms. The average molecular weight is 437 g/mol. The van der Waals surface area contributed by atoms with Crippen LogP contribution in [-0.4, -0.2) is 28.3 Å². The lowest BCUT2D eigenvalue weighted by Crippen LogP contribution is -2.36. The number of ether oxygens (including phenoxy) is 1. The highest BCUT2D eigenvalue weighted by molar-refractivity contribution is 7.17. The number of nitrogens with zero attached hydrogens (tertiary/aromatic N) is 1. The maximum atomic E-state index is 12.6. The van der Waals surface area contributed by atoms with Crippen LogP contribution in [0.15, 0.2) is 52.6 Å². The number of fused-ring (bicyclic) bond motifs is 3. The second-order valence-corrected chi connectivity index (χ2v) is 9.19. The number of phenols is 1. The van der Waals surface area contributed by atoms with Gasteiger partial charge in [-0.25, -0.2) is 4.79 Å². The maximum absolute atomic E-state index is 12.6. The van der Waals surface area contributed by atoms with Crippen molar-refractivity contribution in [1.82, 2.24) is 4.98 Å². The van der Waals surface area contributed by atoms with E-state index in [9.17, 15) is 14.7 Å². The van der Waals surface area contributed by atoms with Gasteiger partial charge in [0, 0.05) is 34.1 Å². The predicted octanol–water partition coefficient (Wildman–Crippen LogP) is 5.88. The van der Waals surface area contributed by atoms with E-state index in [4.69, 9.17) is 4.74 Å². The van der Waals surface area contributed by atoms with Gasteiger partial charge in [-0.1, -0.05) is 12.1 Å². The number of rotatable bonds is 3. The number of thiophene rings is 1. The summed E-state index contributed by atoms with van der Waals surface area (Å²) in [4.78, 5) is 29.4. The lowest BCUT2D eigenvalue weighted by molar-refractivity contribution is 0.0582. The minimum Gasteiger partial charge on any atom is -0.507 e. The zero-order valence-corrected chi connectivity index (χ0v) is 18.7. The third-order valence-corrected chi connectivity index (χ3v) is 5.88. The van der Waals surface area contributed by atoms with Gasteiger partial charge < -0.3 is 14.8 Å². The zero-order valence-electron chi connectivity index (χ0n) is 17.9. The number of carbonyl (C=O) groups excluding carboxylic acids is 1. The Morgan fingerprint density at radius 3 is 2.48 bits per heavy atom. The molecule has 0 spiro atoms. The first-order chi connectivity index (χ1) is 14.7. The summed E-state index contributed by atoms with van der Waals surface area (Å²) in [5, 5.41) is 14.2. The van der Waals surface area contributed by atoms with E-state index in [0.29, 0.717) is 28.0 Å². The van der Waals surface area contributed by atoms with Gasteiger partial charge in [0.25, 0.3) is 5.56 Å². The minimum absolute atomic E-state index is 0.124. The van der Waals surface area contributed by atoms with Crippen LogP contribution in [-0.2, 0) is 4.74 Å². The number of aromatic nitrogens is 1. The number of amides is 1. The fourth-order valence-electron chi connectivity index (χ4n) is 3.67. The Morgan fingerprint density at radius 1 is 1.13 bits per heavy atom. The van der Waals surface area contributed by atoms with E-state index in [-0.39, 0.29) is 11.3 Å². The van der Waals surface area contributed by atoms with E-state index in [0.717, 1.165) is 16.3 Å². The number of hydrogen-bond acceptors (Lipinski definition) is 5. The van der Waals surface area contributed by atoms with Crippen molar-refractivity contribution in [3.8, 4) is 16.9 Å². The van der Waals surface area contributed by atoms with Gasteiger partial charge in [0.1, 0.15) is 16.1 Å². The van der Waals surface area contributed by atoms with Gasteiger partial charge in [-0.05, 0) is 69.0 Å². The van der Waals surface area contributed by atoms with Crippen LogP contribution in [0.2, 0.25) is 0 Å². The van der Waals surface area contributed by atoms with Crippen molar-refractivity contribution in [3.05, 3.63) is 58.2 Å². The zero-order chi connectivity index (χ0) is 22.3. The van der Waals surface area contributed by atoms with Crippen molar-refractivity contribution in [2.45, 2.75) is 33.3 Å². The lowest BCUT2D eigenvalue weighted by Gasteiger charge is -2.26. The number of aromatic hydroxyl groups is 1. The molecule has 6 nitrogen and oxygen atoms in total. The van der Waals surface area contributed by atoms with Gasteiger partial charge in [-0.2, -0.15) is 0 Å². The third-order valence-electron chi connectivity index (χ3n) is 4.97. The van der Waals surface area contributed by atoms with Crippen LogP contribution in [0.4, 0.5) is 10.5 Å². The van der Waals surface area contributed by atoms with Crippen molar-refractivity contribution >= 4 is 44.1 Å². The normalized spacial score (nSPS) is 11.7. The summed E-state index contributed by atoms with van der Waals surface area (Å²) < 4.78 is 6.12. The fourth-order valence-corrected chi connectivity index (χ4v) is 4.47. The SMILES string of the molecule is CCN(C(=O)OC(C)(C)C)c1ccc(-c2c(O)ccc3[nH]c(=O)c4sccc4c23)cc1. The number of phenolic OH excluding ortho intramolecular Hbond substituents is 1. The van der Waals surface area contributed by atoms with Crippen molar-refractivity contribution in [3.63, 3.8) is 0 Å². The summed E-state index contributed by atoms with van der Waals surface area (Å²) in [5.74, 6) is 0.124. The topological polar surface area (TPSA) is 82.6 Å². The van der Waals surface area contributed by atoms with E-state index in [2.05, 4.69) is 4.98 Å². The number of pyridine rings is 1. The van der Waals surface area contributed by atoms with E-state index in [1.165, 1.54) is 11.3 Å². The van der Waals surface area contributed by atoms with E-state index in [1.54, 1.807) is 17.0 Å². The molecule has 0 aliphatic heterocycles. The molecule has 4 rings (SSSR count). The van der Waals surface area contributed by atoms with Crippen molar-refractivity contribution in [2.24, 2.45) is 0 Å². The number of anilines is 1. The highest BCUT2D eigenvalue weighted by Gasteiger charge is 2.22. The van der Waals surface area contributed by atoms with Crippen LogP contribution in [0.3, 0.4) is 0 Å². The van der Waals surface area contributed by atoms with E-state index < -0.39 is 11.7 Å². The van der Waals surface area contributed by atoms with Gasteiger partial charge in [0.15, 0.2) is 0 Å². The number of hydrogen-bond donors (Lipinski definition) is 2. The minimum atomic E-state index is -0.581. The van der Waals surface area contributed by atoms with Crippen LogP contribution in [0.25, 0.3) is 32.1 Å². The summed E-state index contributed by atoms with van der Waals surface area (Å²) >= 11 is 1.37. The Kier molecular flexibility index (Phi) is 5.23. The highest BCUT2D eigenvalue weighted by Crippen LogP contribution is 2.40. The third kappa shape index (κ3) is 3.88. The molecule has 2 aromatic heterocycles. The maximum Gasteiger partial charge on any atom is 0.414 e. The lowest BCUT2D eigenvalue weighted by atomic mass is 9.97. The molecule has 2 aromatic carbocycles. The molecule has 1 amide bonds. The summed E-state index contributed by atoms with van der Waals surface area (Å²) in [6, 6.07) is 12.6. The molecule has 31 heavy (non-hydrogen) atoms. The molecular weight excluding hydrogens is 412 g/mol. The standard InChI is InChI=1S/C24H24N2O4S/c1-5-26(23(29)30-24(2,3)4)15-8-6-14(7-9-15)19-18(27)11-10-17-20(19)16-12-13-31-21(16)22(28)25-17/h6-13,27H,5H2,1-4H3,(H,25,28). The molecule has 0 atom stereocenters. The molecule has 0 saturated carbocycles. The van der Waals surface area contributed by atoms with Gasteiger partial charge >= 0.3 is 6.09 Å². The molecule has 2 heterocycles. The molecule has 2 N–H and O–H groups in total. The first-order valence-electron chi connectivity index (χ1n) is 10.1. The molecule has 0 unspecified atom stereocenters. The number of aromatic amines is 1. The van der Waals surface area contributed by atoms with Crippen LogP contribution < -0.4 is 10.5 Å². The average Bonchev–Trinajstić information content (AvgIpc) is 3.19. The van der Waals surface area contributed by atoms with Gasteiger partial charge in [-0.3, -0.25) is 9.69 Å². The smallest absolute Gasteiger partial charge is 0.414 e. The van der Waals surface area contributed by atoms with Crippen molar-refractivity contribution in [2.75, 3.05) is 11.4 Å². The van der Waals surface area contributed by atoms with E-state index in [1.807, 2.05) is 63.4 Å². The highest BCUT2D eigenvalue weighted by atomic mass is 32.1. The Labute approximate surface area is 183 Å². The largest absolute Gasteiger partial charge is 0.507 e.